The molecule has 1 heterocycles. The summed E-state index contributed by atoms with van der Waals surface area (Å²) < 4.78 is 0. The Hall–Kier alpha value is -0.300. The number of aryl methyl sites for hydroxylation is 1. The van der Waals surface area contributed by atoms with Crippen molar-refractivity contribution >= 4 is 11.3 Å². The van der Waals surface area contributed by atoms with Crippen molar-refractivity contribution < 1.29 is 0 Å². The van der Waals surface area contributed by atoms with E-state index in [0.717, 1.165) is 0 Å². The molecule has 0 bridgehead atoms. The van der Waals surface area contributed by atoms with Crippen molar-refractivity contribution in [1.82, 2.24) is 0 Å². The fraction of sp³-hybridized carbons (Fsp3) is 0.556. The van der Waals surface area contributed by atoms with Crippen LogP contribution in [0.2, 0.25) is 0 Å². The number of hydrogen-bond donors (Lipinski definition) is 0. The standard InChI is InChI=1S/C5H6S.2C2H6/c1-5-3-2-4-6-5;2*1-2/h2-4H,1H3;2*1-2H3. The van der Waals surface area contributed by atoms with Gasteiger partial charge in [-0.25, -0.2) is 0 Å². The molecular formula is C9H18S. The molecule has 0 aromatic carbocycles. The molecule has 0 unspecified atom stereocenters. The molecule has 1 rings (SSSR count). The third kappa shape index (κ3) is 7.70. The van der Waals surface area contributed by atoms with Crippen LogP contribution >= 0.6 is 11.3 Å². The molecule has 0 nitrogen and oxygen atoms in total. The molecule has 0 aliphatic heterocycles. The molecule has 0 fully saturated rings. The zero-order valence-corrected chi connectivity index (χ0v) is 8.46. The average molecular weight is 158 g/mol. The zero-order valence-electron chi connectivity index (χ0n) is 7.64. The molecule has 0 radical (unpaired) electrons. The van der Waals surface area contributed by atoms with Gasteiger partial charge in [-0.15, -0.1) is 11.3 Å². The van der Waals surface area contributed by atoms with Crippen LogP contribution in [0.5, 0.6) is 0 Å². The van der Waals surface area contributed by atoms with Gasteiger partial charge in [0.05, 0.1) is 0 Å². The molecule has 0 amide bonds. The Morgan fingerprint density at radius 1 is 1.10 bits per heavy atom. The minimum absolute atomic E-state index is 1.38. The Bertz CT molecular complexity index is 108. The van der Waals surface area contributed by atoms with Gasteiger partial charge in [0.2, 0.25) is 0 Å². The maximum absolute atomic E-state index is 2.10. The van der Waals surface area contributed by atoms with Crippen molar-refractivity contribution in [3.8, 4) is 0 Å². The molecule has 0 spiro atoms. The Kier molecular flexibility index (Phi) is 14.2. The Morgan fingerprint density at radius 3 is 1.70 bits per heavy atom. The predicted molar refractivity (Wildman–Crippen MR) is 51.8 cm³/mol. The van der Waals surface area contributed by atoms with E-state index < -0.39 is 0 Å². The van der Waals surface area contributed by atoms with Crippen LogP contribution in [-0.2, 0) is 0 Å². The maximum atomic E-state index is 2.10. The Balaban J connectivity index is 0. The fourth-order valence-corrected chi connectivity index (χ4v) is 0.890. The van der Waals surface area contributed by atoms with Gasteiger partial charge in [0.1, 0.15) is 0 Å². The quantitative estimate of drug-likeness (QED) is 0.533. The van der Waals surface area contributed by atoms with Crippen molar-refractivity contribution in [1.29, 1.82) is 0 Å². The van der Waals surface area contributed by atoms with Gasteiger partial charge in [0.15, 0.2) is 0 Å². The third-order valence-electron chi connectivity index (χ3n) is 0.663. The van der Waals surface area contributed by atoms with E-state index in [1.807, 2.05) is 27.7 Å². The van der Waals surface area contributed by atoms with Gasteiger partial charge < -0.3 is 0 Å². The highest BCUT2D eigenvalue weighted by Gasteiger charge is 1.74. The van der Waals surface area contributed by atoms with Crippen LogP contribution in [-0.4, -0.2) is 0 Å². The summed E-state index contributed by atoms with van der Waals surface area (Å²) >= 11 is 1.78. The lowest BCUT2D eigenvalue weighted by Crippen LogP contribution is -1.42. The predicted octanol–water partition coefficient (Wildman–Crippen LogP) is 4.11. The Labute approximate surface area is 68.9 Å². The molecule has 0 N–H and O–H groups in total. The smallest absolute Gasteiger partial charge is 0.00141 e. The summed E-state index contributed by atoms with van der Waals surface area (Å²) in [5, 5.41) is 2.08. The van der Waals surface area contributed by atoms with E-state index in [4.69, 9.17) is 0 Å². The van der Waals surface area contributed by atoms with Gasteiger partial charge in [-0.3, -0.25) is 0 Å². The minimum atomic E-state index is 1.38. The molecular weight excluding hydrogens is 140 g/mol. The first kappa shape index (κ1) is 12.4. The topological polar surface area (TPSA) is 0 Å². The van der Waals surface area contributed by atoms with E-state index in [-0.39, 0.29) is 0 Å². The molecule has 1 aromatic rings. The highest BCUT2D eigenvalue weighted by Crippen LogP contribution is 2.03. The van der Waals surface area contributed by atoms with Crippen molar-refractivity contribution in [2.75, 3.05) is 0 Å². The monoisotopic (exact) mass is 158 g/mol. The summed E-state index contributed by atoms with van der Waals surface area (Å²) in [6.07, 6.45) is 0. The summed E-state index contributed by atoms with van der Waals surface area (Å²) in [5.74, 6) is 0. The van der Waals surface area contributed by atoms with Gasteiger partial charge in [-0.05, 0) is 18.4 Å². The summed E-state index contributed by atoms with van der Waals surface area (Å²) in [7, 11) is 0. The largest absolute Gasteiger partial charge is 0.149 e. The zero-order chi connectivity index (χ0) is 8.41. The van der Waals surface area contributed by atoms with Crippen LogP contribution in [0.15, 0.2) is 17.5 Å². The van der Waals surface area contributed by atoms with Crippen LogP contribution in [0.3, 0.4) is 0 Å². The van der Waals surface area contributed by atoms with Gasteiger partial charge in [-0.1, -0.05) is 33.8 Å². The number of rotatable bonds is 0. The van der Waals surface area contributed by atoms with Crippen molar-refractivity contribution in [3.63, 3.8) is 0 Å². The molecule has 60 valence electrons. The molecule has 1 aromatic heterocycles. The summed E-state index contributed by atoms with van der Waals surface area (Å²) in [6.45, 7) is 10.1. The minimum Gasteiger partial charge on any atom is -0.149 e. The van der Waals surface area contributed by atoms with E-state index >= 15 is 0 Å². The number of hydrogen-bond acceptors (Lipinski definition) is 1. The van der Waals surface area contributed by atoms with Crippen LogP contribution < -0.4 is 0 Å². The lowest BCUT2D eigenvalue weighted by molar-refractivity contribution is 1.50. The van der Waals surface area contributed by atoms with Crippen molar-refractivity contribution in [3.05, 3.63) is 22.4 Å². The van der Waals surface area contributed by atoms with Gasteiger partial charge >= 0.3 is 0 Å². The third-order valence-corrected chi connectivity index (χ3v) is 1.46. The molecule has 10 heavy (non-hydrogen) atoms. The highest BCUT2D eigenvalue weighted by atomic mass is 32.1. The summed E-state index contributed by atoms with van der Waals surface area (Å²) in [5.41, 5.74) is 0. The highest BCUT2D eigenvalue weighted by molar-refractivity contribution is 7.09. The summed E-state index contributed by atoms with van der Waals surface area (Å²) in [6, 6.07) is 4.16. The second-order valence-electron chi connectivity index (χ2n) is 1.22. The molecule has 0 aliphatic rings. The maximum Gasteiger partial charge on any atom is 0.00141 e. The van der Waals surface area contributed by atoms with E-state index in [0.29, 0.717) is 0 Å². The van der Waals surface area contributed by atoms with E-state index in [2.05, 4.69) is 24.4 Å². The number of thiophene rings is 1. The van der Waals surface area contributed by atoms with E-state index in [1.54, 1.807) is 11.3 Å². The van der Waals surface area contributed by atoms with E-state index in [1.165, 1.54) is 4.88 Å². The van der Waals surface area contributed by atoms with E-state index in [9.17, 15) is 0 Å². The Morgan fingerprint density at radius 2 is 1.60 bits per heavy atom. The van der Waals surface area contributed by atoms with Crippen LogP contribution in [0, 0.1) is 6.92 Å². The lowest BCUT2D eigenvalue weighted by atomic mass is 10.5. The lowest BCUT2D eigenvalue weighted by Gasteiger charge is -1.65. The molecule has 0 saturated carbocycles. The molecule has 0 aliphatic carbocycles. The fourth-order valence-electron chi connectivity index (χ4n) is 0.361. The van der Waals surface area contributed by atoms with Crippen LogP contribution in [0.1, 0.15) is 32.6 Å². The normalized spacial score (nSPS) is 6.50. The van der Waals surface area contributed by atoms with Crippen molar-refractivity contribution in [2.24, 2.45) is 0 Å². The molecule has 0 atom stereocenters. The molecule has 0 saturated heterocycles. The van der Waals surface area contributed by atoms with Gasteiger partial charge in [0, 0.05) is 4.88 Å². The van der Waals surface area contributed by atoms with Gasteiger partial charge in [0.25, 0.3) is 0 Å². The second-order valence-corrected chi connectivity index (χ2v) is 2.38. The molecule has 1 heteroatoms. The van der Waals surface area contributed by atoms with Crippen molar-refractivity contribution in [2.45, 2.75) is 34.6 Å². The van der Waals surface area contributed by atoms with Gasteiger partial charge in [-0.2, -0.15) is 0 Å². The summed E-state index contributed by atoms with van der Waals surface area (Å²) in [4.78, 5) is 1.38. The first-order chi connectivity index (χ1) is 4.89. The van der Waals surface area contributed by atoms with Crippen LogP contribution in [0.4, 0.5) is 0 Å². The second kappa shape index (κ2) is 11.5. The first-order valence-corrected chi connectivity index (χ1v) is 4.77. The first-order valence-electron chi connectivity index (χ1n) is 3.90. The van der Waals surface area contributed by atoms with Crippen LogP contribution in [0.25, 0.3) is 0 Å². The average Bonchev–Trinajstić information content (AvgIpc) is 2.48. The SMILES string of the molecule is CC.CC.Cc1cccs1.